The second-order valence-electron chi connectivity index (χ2n) is 7.65. The van der Waals surface area contributed by atoms with E-state index in [1.54, 1.807) is 6.26 Å². The van der Waals surface area contributed by atoms with Gasteiger partial charge in [-0.3, -0.25) is 9.69 Å². The first-order chi connectivity index (χ1) is 14.1. The monoisotopic (exact) mass is 392 g/mol. The highest BCUT2D eigenvalue weighted by atomic mass is 16.3. The summed E-state index contributed by atoms with van der Waals surface area (Å²) in [6.45, 7) is 6.63. The van der Waals surface area contributed by atoms with Crippen molar-refractivity contribution < 1.29 is 9.21 Å². The van der Waals surface area contributed by atoms with Crippen molar-refractivity contribution in [3.8, 4) is 5.69 Å². The highest BCUT2D eigenvalue weighted by molar-refractivity contribution is 5.79. The summed E-state index contributed by atoms with van der Waals surface area (Å²) < 4.78 is 7.55. The lowest BCUT2D eigenvalue weighted by molar-refractivity contribution is -0.120. The number of aromatic nitrogens is 2. The molecule has 1 aliphatic rings. The first-order valence-corrected chi connectivity index (χ1v) is 10.3. The number of para-hydroxylation sites is 1. The number of carbonyl (C=O) groups excluding carboxylic acids is 1. The van der Waals surface area contributed by atoms with E-state index in [0.717, 1.165) is 41.5 Å². The Morgan fingerprint density at radius 1 is 1.14 bits per heavy atom. The van der Waals surface area contributed by atoms with E-state index >= 15 is 0 Å². The Bertz CT molecular complexity index is 941. The molecule has 1 atom stereocenters. The number of likely N-dealkylation sites (tertiary alicyclic amines) is 1. The maximum absolute atomic E-state index is 12.8. The van der Waals surface area contributed by atoms with Crippen LogP contribution in [-0.4, -0.2) is 40.2 Å². The zero-order valence-electron chi connectivity index (χ0n) is 17.1. The normalized spacial score (nSPS) is 15.5. The number of nitrogens with zero attached hydrogens (tertiary/aromatic N) is 3. The van der Waals surface area contributed by atoms with Gasteiger partial charge in [0.15, 0.2) is 0 Å². The van der Waals surface area contributed by atoms with Crippen LogP contribution in [0.1, 0.15) is 41.6 Å². The standard InChI is InChI=1S/C23H28N4O2/c1-17-20(18(2)27(25-17)19-9-4-3-5-10-19)15-23(28)24-16-21(22-11-8-14-29-22)26-12-6-7-13-26/h3-5,8-11,14,21H,6-7,12-13,15-16H2,1-2H3,(H,24,28). The van der Waals surface area contributed by atoms with Crippen molar-refractivity contribution in [2.45, 2.75) is 39.2 Å². The van der Waals surface area contributed by atoms with Crippen molar-refractivity contribution in [1.82, 2.24) is 20.0 Å². The van der Waals surface area contributed by atoms with Crippen molar-refractivity contribution in [3.63, 3.8) is 0 Å². The second kappa shape index (κ2) is 8.66. The van der Waals surface area contributed by atoms with Gasteiger partial charge in [0.05, 0.1) is 30.1 Å². The fourth-order valence-electron chi connectivity index (χ4n) is 4.13. The molecular weight excluding hydrogens is 364 g/mol. The molecule has 6 nitrogen and oxygen atoms in total. The zero-order valence-corrected chi connectivity index (χ0v) is 17.1. The molecular formula is C23H28N4O2. The minimum atomic E-state index is 0.0135. The average Bonchev–Trinajstić information content (AvgIpc) is 3.49. The Kier molecular flexibility index (Phi) is 5.81. The zero-order chi connectivity index (χ0) is 20.2. The molecule has 0 spiro atoms. The lowest BCUT2D eigenvalue weighted by Crippen LogP contribution is -2.37. The Morgan fingerprint density at radius 2 is 1.90 bits per heavy atom. The number of rotatable bonds is 7. The van der Waals surface area contributed by atoms with Gasteiger partial charge in [-0.2, -0.15) is 5.10 Å². The van der Waals surface area contributed by atoms with Gasteiger partial charge >= 0.3 is 0 Å². The van der Waals surface area contributed by atoms with Gasteiger partial charge in [-0.15, -0.1) is 0 Å². The van der Waals surface area contributed by atoms with Gasteiger partial charge in [-0.05, 0) is 64.0 Å². The van der Waals surface area contributed by atoms with Gasteiger partial charge in [-0.25, -0.2) is 4.68 Å². The summed E-state index contributed by atoms with van der Waals surface area (Å²) in [5, 5.41) is 7.77. The maximum Gasteiger partial charge on any atom is 0.224 e. The molecule has 1 N–H and O–H groups in total. The van der Waals surface area contributed by atoms with Crippen LogP contribution in [0.2, 0.25) is 0 Å². The lowest BCUT2D eigenvalue weighted by atomic mass is 10.1. The summed E-state index contributed by atoms with van der Waals surface area (Å²) in [4.78, 5) is 15.1. The third-order valence-corrected chi connectivity index (χ3v) is 5.72. The largest absolute Gasteiger partial charge is 0.468 e. The van der Waals surface area contributed by atoms with Crippen LogP contribution >= 0.6 is 0 Å². The van der Waals surface area contributed by atoms with E-state index in [-0.39, 0.29) is 11.9 Å². The van der Waals surface area contributed by atoms with Crippen molar-refractivity contribution in [3.05, 3.63) is 71.4 Å². The van der Waals surface area contributed by atoms with E-state index in [0.29, 0.717) is 13.0 Å². The van der Waals surface area contributed by atoms with Gasteiger partial charge in [0.2, 0.25) is 5.91 Å². The number of amides is 1. The molecule has 0 radical (unpaired) electrons. The highest BCUT2D eigenvalue weighted by Gasteiger charge is 2.26. The summed E-state index contributed by atoms with van der Waals surface area (Å²) in [5.74, 6) is 0.927. The molecule has 0 saturated carbocycles. The number of benzene rings is 1. The van der Waals surface area contributed by atoms with Gasteiger partial charge in [0.1, 0.15) is 5.76 Å². The fraction of sp³-hybridized carbons (Fsp3) is 0.391. The predicted molar refractivity (Wildman–Crippen MR) is 112 cm³/mol. The summed E-state index contributed by atoms with van der Waals surface area (Å²) in [7, 11) is 0. The van der Waals surface area contributed by atoms with E-state index in [1.807, 2.05) is 61.0 Å². The van der Waals surface area contributed by atoms with Crippen molar-refractivity contribution >= 4 is 5.91 Å². The molecule has 0 aliphatic carbocycles. The second-order valence-corrected chi connectivity index (χ2v) is 7.65. The number of aryl methyl sites for hydroxylation is 1. The van der Waals surface area contributed by atoms with E-state index in [9.17, 15) is 4.79 Å². The number of hydrogen-bond acceptors (Lipinski definition) is 4. The molecule has 1 unspecified atom stereocenters. The summed E-state index contributed by atoms with van der Waals surface area (Å²) >= 11 is 0. The molecule has 1 aliphatic heterocycles. The summed E-state index contributed by atoms with van der Waals surface area (Å²) in [6, 6.07) is 14.0. The van der Waals surface area contributed by atoms with E-state index < -0.39 is 0 Å². The molecule has 4 rings (SSSR count). The first-order valence-electron chi connectivity index (χ1n) is 10.3. The van der Waals surface area contributed by atoms with Gasteiger partial charge in [0, 0.05) is 17.8 Å². The van der Waals surface area contributed by atoms with Crippen LogP contribution in [-0.2, 0) is 11.2 Å². The molecule has 29 heavy (non-hydrogen) atoms. The van der Waals surface area contributed by atoms with E-state index in [2.05, 4.69) is 15.3 Å². The topological polar surface area (TPSA) is 63.3 Å². The highest BCUT2D eigenvalue weighted by Crippen LogP contribution is 2.25. The average molecular weight is 393 g/mol. The van der Waals surface area contributed by atoms with Crippen molar-refractivity contribution in [2.75, 3.05) is 19.6 Å². The quantitative estimate of drug-likeness (QED) is 0.668. The molecule has 6 heteroatoms. The summed E-state index contributed by atoms with van der Waals surface area (Å²) in [6.07, 6.45) is 4.42. The Hall–Kier alpha value is -2.86. The summed E-state index contributed by atoms with van der Waals surface area (Å²) in [5.41, 5.74) is 3.89. The van der Waals surface area contributed by atoms with Crippen LogP contribution in [0.25, 0.3) is 5.69 Å². The number of hydrogen-bond donors (Lipinski definition) is 1. The number of carbonyl (C=O) groups is 1. The van der Waals surface area contributed by atoms with Crippen LogP contribution in [0.15, 0.2) is 53.1 Å². The number of nitrogens with one attached hydrogen (secondary N) is 1. The maximum atomic E-state index is 12.8. The minimum absolute atomic E-state index is 0.0135. The predicted octanol–water partition coefficient (Wildman–Crippen LogP) is 3.58. The molecule has 2 aromatic heterocycles. The Morgan fingerprint density at radius 3 is 2.59 bits per heavy atom. The Balaban J connectivity index is 1.44. The molecule has 3 heterocycles. The Labute approximate surface area is 171 Å². The lowest BCUT2D eigenvalue weighted by Gasteiger charge is -2.26. The molecule has 3 aromatic rings. The first kappa shape index (κ1) is 19.5. The van der Waals surface area contributed by atoms with Crippen molar-refractivity contribution in [1.29, 1.82) is 0 Å². The van der Waals surface area contributed by atoms with Crippen molar-refractivity contribution in [2.24, 2.45) is 0 Å². The fourth-order valence-corrected chi connectivity index (χ4v) is 4.13. The van der Waals surface area contributed by atoms with Crippen LogP contribution in [0.4, 0.5) is 0 Å². The molecule has 0 bridgehead atoms. The molecule has 1 aromatic carbocycles. The smallest absolute Gasteiger partial charge is 0.224 e. The third-order valence-electron chi connectivity index (χ3n) is 5.72. The molecule has 1 saturated heterocycles. The van der Waals surface area contributed by atoms with Gasteiger partial charge in [-0.1, -0.05) is 18.2 Å². The molecule has 152 valence electrons. The van der Waals surface area contributed by atoms with Crippen LogP contribution in [0.3, 0.4) is 0 Å². The van der Waals surface area contributed by atoms with E-state index in [4.69, 9.17) is 4.42 Å². The SMILES string of the molecule is Cc1nn(-c2ccccc2)c(C)c1CC(=O)NCC(c1ccco1)N1CCCC1. The van der Waals surface area contributed by atoms with Gasteiger partial charge in [0.25, 0.3) is 0 Å². The minimum Gasteiger partial charge on any atom is -0.468 e. The van der Waals surface area contributed by atoms with Gasteiger partial charge < -0.3 is 9.73 Å². The molecule has 1 amide bonds. The van der Waals surface area contributed by atoms with E-state index in [1.165, 1.54) is 12.8 Å². The van der Waals surface area contributed by atoms with Crippen LogP contribution < -0.4 is 5.32 Å². The number of furan rings is 1. The molecule has 1 fully saturated rings. The van der Waals surface area contributed by atoms with Crippen LogP contribution in [0.5, 0.6) is 0 Å². The van der Waals surface area contributed by atoms with Crippen LogP contribution in [0, 0.1) is 13.8 Å². The third kappa shape index (κ3) is 4.27.